The van der Waals surface area contributed by atoms with Crippen molar-refractivity contribution in [2.24, 2.45) is 5.92 Å². The van der Waals surface area contributed by atoms with E-state index in [2.05, 4.69) is 6.92 Å². The number of rotatable bonds is 26. The summed E-state index contributed by atoms with van der Waals surface area (Å²) in [6.45, 7) is 3.81. The molecule has 0 spiro atoms. The molecule has 4 aliphatic rings. The third-order valence-electron chi connectivity index (χ3n) is 13.3. The third-order valence-corrected chi connectivity index (χ3v) is 13.3. The van der Waals surface area contributed by atoms with Crippen molar-refractivity contribution in [1.29, 1.82) is 0 Å². The molecule has 0 amide bonds. The van der Waals surface area contributed by atoms with Gasteiger partial charge in [0.15, 0.2) is 0 Å². The standard InChI is InChI=1S/C48H73F3O10/c1-4-5-6-7-8-9-13-19-24-41(61-46(54)47(55-3,48(49,50)51)36-20-15-14-16-21-36)44-30-29-43(60-44)40-28-27-39(56-33-57-40)42-26-25-37(58-42)22-17-11-10-12-18-23-38-32-35(31-34(2)52)45(53)59-38/h14-16,20-21,35,37-44H,4-13,17-19,22-33H2,1-3H3/t35-,37-,38-,39+,40-,41+,42+,43-,44-,47+/m1/s1. The number of halogens is 3. The predicted octanol–water partition coefficient (Wildman–Crippen LogP) is 10.8. The molecule has 4 saturated heterocycles. The van der Waals surface area contributed by atoms with Crippen LogP contribution in [0.15, 0.2) is 30.3 Å². The van der Waals surface area contributed by atoms with Crippen molar-refractivity contribution in [1.82, 2.24) is 0 Å². The fourth-order valence-electron chi connectivity index (χ4n) is 9.85. The zero-order valence-corrected chi connectivity index (χ0v) is 37.0. The highest BCUT2D eigenvalue weighted by Gasteiger charge is 2.64. The van der Waals surface area contributed by atoms with E-state index in [-0.39, 0.29) is 73.1 Å². The van der Waals surface area contributed by atoms with E-state index < -0.39 is 30.0 Å². The topological polar surface area (TPSA) is 116 Å². The van der Waals surface area contributed by atoms with Crippen molar-refractivity contribution >= 4 is 17.7 Å². The number of unbranched alkanes of at least 4 members (excludes halogenated alkanes) is 11. The third kappa shape index (κ3) is 14.5. The van der Waals surface area contributed by atoms with E-state index in [0.717, 1.165) is 97.0 Å². The molecule has 346 valence electrons. The largest absolute Gasteiger partial charge is 0.462 e. The molecule has 5 rings (SSSR count). The van der Waals surface area contributed by atoms with Gasteiger partial charge in [-0.05, 0) is 84.0 Å². The number of hydrogen-bond donors (Lipinski definition) is 0. The van der Waals surface area contributed by atoms with Crippen molar-refractivity contribution < 1.29 is 60.7 Å². The second kappa shape index (κ2) is 25.1. The molecule has 13 heteroatoms. The SMILES string of the molecule is CCCCCCCCCC[C@H](OC(=O)[C@@](OC)(c1ccccc1)C(F)(F)F)[C@H]1CC[C@H]([C@H]2CC[C@@H]([C@@H]3CC[C@@H](CCCCCCC[C@@H]4C[C@@H](CC(C)=O)C(=O)O4)O3)OCO2)O1. The maximum absolute atomic E-state index is 14.8. The molecule has 0 aliphatic carbocycles. The van der Waals surface area contributed by atoms with Gasteiger partial charge in [0, 0.05) is 19.1 Å². The van der Waals surface area contributed by atoms with Gasteiger partial charge < -0.3 is 38.0 Å². The Morgan fingerprint density at radius 2 is 1.31 bits per heavy atom. The second-order valence-corrected chi connectivity index (χ2v) is 18.0. The van der Waals surface area contributed by atoms with Gasteiger partial charge in [0.25, 0.3) is 5.60 Å². The van der Waals surface area contributed by atoms with Crippen molar-refractivity contribution in [2.75, 3.05) is 13.9 Å². The summed E-state index contributed by atoms with van der Waals surface area (Å²) in [6.07, 6.45) is 14.7. The van der Waals surface area contributed by atoms with Crippen LogP contribution in [-0.4, -0.2) is 86.6 Å². The van der Waals surface area contributed by atoms with Crippen LogP contribution in [-0.2, 0) is 53.1 Å². The Bertz CT molecular complexity index is 1460. The minimum Gasteiger partial charge on any atom is -0.462 e. The van der Waals surface area contributed by atoms with Gasteiger partial charge in [-0.15, -0.1) is 0 Å². The Labute approximate surface area is 362 Å². The quantitative estimate of drug-likeness (QED) is 0.0658. The molecule has 0 aromatic heterocycles. The van der Waals surface area contributed by atoms with Crippen LogP contribution in [0.1, 0.15) is 174 Å². The fourth-order valence-corrected chi connectivity index (χ4v) is 9.85. The first-order valence-corrected chi connectivity index (χ1v) is 23.6. The first-order valence-electron chi connectivity index (χ1n) is 23.6. The number of methoxy groups -OCH3 is 1. The Hall–Kier alpha value is -2.58. The van der Waals surface area contributed by atoms with E-state index in [4.69, 9.17) is 33.2 Å². The first kappa shape index (κ1) is 49.4. The van der Waals surface area contributed by atoms with Crippen LogP contribution >= 0.6 is 0 Å². The molecule has 0 N–H and O–H groups in total. The molecule has 4 heterocycles. The van der Waals surface area contributed by atoms with E-state index in [1.54, 1.807) is 6.07 Å². The molecule has 10 atom stereocenters. The zero-order chi connectivity index (χ0) is 43.7. The highest BCUT2D eigenvalue weighted by Crippen LogP contribution is 2.44. The maximum Gasteiger partial charge on any atom is 0.432 e. The Kier molecular flexibility index (Phi) is 20.3. The average Bonchev–Trinajstić information content (AvgIpc) is 3.95. The Balaban J connectivity index is 1.05. The average molecular weight is 867 g/mol. The number of esters is 2. The number of benzene rings is 1. The Morgan fingerprint density at radius 3 is 1.93 bits per heavy atom. The van der Waals surface area contributed by atoms with Gasteiger partial charge in [0.05, 0.1) is 42.5 Å². The summed E-state index contributed by atoms with van der Waals surface area (Å²) in [6, 6.07) is 6.96. The van der Waals surface area contributed by atoms with Crippen LogP contribution in [0.4, 0.5) is 13.2 Å². The van der Waals surface area contributed by atoms with Gasteiger partial charge in [0.1, 0.15) is 24.8 Å². The van der Waals surface area contributed by atoms with Crippen LogP contribution in [0, 0.1) is 5.92 Å². The molecule has 1 aromatic carbocycles. The summed E-state index contributed by atoms with van der Waals surface area (Å²) in [5, 5.41) is 0. The molecular formula is C48H73F3O10. The second-order valence-electron chi connectivity index (χ2n) is 18.0. The minimum absolute atomic E-state index is 0.000260. The summed E-state index contributed by atoms with van der Waals surface area (Å²) in [4.78, 5) is 37.1. The van der Waals surface area contributed by atoms with Gasteiger partial charge in [-0.25, -0.2) is 4.79 Å². The van der Waals surface area contributed by atoms with Crippen molar-refractivity contribution in [3.8, 4) is 0 Å². The number of alkyl halides is 3. The minimum atomic E-state index is -5.06. The number of hydrogen-bond acceptors (Lipinski definition) is 10. The maximum atomic E-state index is 14.8. The molecule has 0 saturated carbocycles. The van der Waals surface area contributed by atoms with Crippen LogP contribution in [0.2, 0.25) is 0 Å². The molecule has 0 unspecified atom stereocenters. The van der Waals surface area contributed by atoms with E-state index in [1.165, 1.54) is 50.5 Å². The van der Waals surface area contributed by atoms with Gasteiger partial charge >= 0.3 is 18.1 Å². The number of carbonyl (C=O) groups is 3. The number of ether oxygens (including phenoxy) is 7. The highest BCUT2D eigenvalue weighted by molar-refractivity contribution is 5.84. The summed E-state index contributed by atoms with van der Waals surface area (Å²) in [7, 11) is 0.895. The highest BCUT2D eigenvalue weighted by atomic mass is 19.4. The van der Waals surface area contributed by atoms with Crippen molar-refractivity contribution in [2.45, 2.75) is 229 Å². The van der Waals surface area contributed by atoms with E-state index >= 15 is 0 Å². The molecule has 0 radical (unpaired) electrons. The van der Waals surface area contributed by atoms with Crippen molar-refractivity contribution in [3.63, 3.8) is 0 Å². The zero-order valence-electron chi connectivity index (χ0n) is 37.0. The number of carbonyl (C=O) groups excluding carboxylic acids is 3. The molecule has 4 aliphatic heterocycles. The van der Waals surface area contributed by atoms with E-state index in [1.807, 2.05) is 0 Å². The van der Waals surface area contributed by atoms with Crippen LogP contribution in [0.25, 0.3) is 0 Å². The number of cyclic esters (lactones) is 1. The molecule has 10 nitrogen and oxygen atoms in total. The molecule has 4 fully saturated rings. The van der Waals surface area contributed by atoms with Gasteiger partial charge in [-0.2, -0.15) is 13.2 Å². The van der Waals surface area contributed by atoms with Crippen LogP contribution in [0.5, 0.6) is 0 Å². The summed E-state index contributed by atoms with van der Waals surface area (Å²) in [5.41, 5.74) is -3.59. The molecule has 0 bridgehead atoms. The van der Waals surface area contributed by atoms with Crippen molar-refractivity contribution in [3.05, 3.63) is 35.9 Å². The smallest absolute Gasteiger partial charge is 0.432 e. The lowest BCUT2D eigenvalue weighted by Gasteiger charge is -2.35. The predicted molar refractivity (Wildman–Crippen MR) is 224 cm³/mol. The van der Waals surface area contributed by atoms with Gasteiger partial charge in [-0.1, -0.05) is 108 Å². The normalized spacial score (nSPS) is 28.6. The number of ketones is 1. The van der Waals surface area contributed by atoms with Crippen LogP contribution in [0.3, 0.4) is 0 Å². The first-order chi connectivity index (χ1) is 29.4. The van der Waals surface area contributed by atoms with Gasteiger partial charge in [-0.3, -0.25) is 4.79 Å². The lowest BCUT2D eigenvalue weighted by molar-refractivity contribution is -0.280. The van der Waals surface area contributed by atoms with E-state index in [0.29, 0.717) is 38.5 Å². The lowest BCUT2D eigenvalue weighted by atomic mass is 9.92. The monoisotopic (exact) mass is 867 g/mol. The summed E-state index contributed by atoms with van der Waals surface area (Å²) >= 11 is 0. The van der Waals surface area contributed by atoms with Crippen LogP contribution < -0.4 is 0 Å². The Morgan fingerprint density at radius 1 is 0.738 bits per heavy atom. The lowest BCUT2D eigenvalue weighted by Crippen LogP contribution is -2.53. The number of Topliss-reactive ketones (excluding diaryl/α,β-unsaturated/α-hetero) is 1. The fraction of sp³-hybridized carbons (Fsp3) is 0.812. The molecular weight excluding hydrogens is 794 g/mol. The summed E-state index contributed by atoms with van der Waals surface area (Å²) < 4.78 is 86.2. The van der Waals surface area contributed by atoms with Gasteiger partial charge in [0.2, 0.25) is 0 Å². The molecule has 1 aromatic rings. The molecule has 61 heavy (non-hydrogen) atoms. The van der Waals surface area contributed by atoms with E-state index in [9.17, 15) is 27.6 Å². The summed E-state index contributed by atoms with van der Waals surface area (Å²) in [5.74, 6) is -1.94.